The number of aliphatic hydroxyl groups excluding tert-OH is 1. The molecule has 2 saturated heterocycles. The predicted octanol–water partition coefficient (Wildman–Crippen LogP) is 5.49. The number of aliphatic hydroxyl groups is 1. The molecule has 9 nitrogen and oxygen atoms in total. The molecule has 1 aliphatic carbocycles. The molecule has 6 rings (SSSR count). The molecule has 2 aromatic carbocycles. The highest BCUT2D eigenvalue weighted by molar-refractivity contribution is 7.92. The summed E-state index contributed by atoms with van der Waals surface area (Å²) in [6.07, 6.45) is 5.42. The highest BCUT2D eigenvalue weighted by Crippen LogP contribution is 2.54. The summed E-state index contributed by atoms with van der Waals surface area (Å²) in [5.41, 5.74) is 3.02. The topological polar surface area (TPSA) is 115 Å². The SMILES string of the molecule is O=C(Nc1cc2cccnc2c(N2CCC(F)(F)CC2)c1Cl)c1ccc(NS(=O)(=O)CCO)cc1N1CCC2(CC1)CC2. The van der Waals surface area contributed by atoms with Gasteiger partial charge in [0.15, 0.2) is 0 Å². The van der Waals surface area contributed by atoms with Crippen LogP contribution in [0.5, 0.6) is 0 Å². The molecule has 230 valence electrons. The molecule has 3 fully saturated rings. The first kappa shape index (κ1) is 29.8. The molecule has 1 saturated carbocycles. The summed E-state index contributed by atoms with van der Waals surface area (Å²) in [6, 6.07) is 10.1. The second-order valence-electron chi connectivity index (χ2n) is 11.8. The zero-order valence-electron chi connectivity index (χ0n) is 23.6. The van der Waals surface area contributed by atoms with E-state index in [1.54, 1.807) is 35.4 Å². The summed E-state index contributed by atoms with van der Waals surface area (Å²) in [5.74, 6) is -3.61. The Morgan fingerprint density at radius 2 is 1.70 bits per heavy atom. The number of anilines is 4. The van der Waals surface area contributed by atoms with Crippen LogP contribution in [0.3, 0.4) is 0 Å². The van der Waals surface area contributed by atoms with Gasteiger partial charge in [0.2, 0.25) is 10.0 Å². The van der Waals surface area contributed by atoms with Gasteiger partial charge in [-0.3, -0.25) is 14.5 Å². The third kappa shape index (κ3) is 6.37. The summed E-state index contributed by atoms with van der Waals surface area (Å²) >= 11 is 6.89. The largest absolute Gasteiger partial charge is 0.395 e. The highest BCUT2D eigenvalue weighted by atomic mass is 35.5. The number of nitrogens with zero attached hydrogens (tertiary/aromatic N) is 3. The normalized spacial score (nSPS) is 19.4. The van der Waals surface area contributed by atoms with E-state index < -0.39 is 34.2 Å². The maximum absolute atomic E-state index is 14.0. The van der Waals surface area contributed by atoms with Crippen molar-refractivity contribution in [3.63, 3.8) is 0 Å². The first-order valence-corrected chi connectivity index (χ1v) is 16.5. The molecule has 0 unspecified atom stereocenters. The van der Waals surface area contributed by atoms with Crippen molar-refractivity contribution in [1.29, 1.82) is 0 Å². The van der Waals surface area contributed by atoms with E-state index >= 15 is 0 Å². The monoisotopic (exact) mass is 633 g/mol. The van der Waals surface area contributed by atoms with E-state index in [4.69, 9.17) is 16.7 Å². The zero-order chi connectivity index (χ0) is 30.4. The number of fused-ring (bicyclic) bond motifs is 1. The molecule has 1 amide bonds. The van der Waals surface area contributed by atoms with Crippen LogP contribution in [0.1, 0.15) is 48.9 Å². The van der Waals surface area contributed by atoms with Crippen molar-refractivity contribution >= 4 is 61.2 Å². The number of hydrogen-bond donors (Lipinski definition) is 3. The fourth-order valence-electron chi connectivity index (χ4n) is 6.11. The molecule has 0 atom stereocenters. The van der Waals surface area contributed by atoms with Crippen molar-refractivity contribution in [2.24, 2.45) is 5.41 Å². The number of halogens is 3. The molecule has 43 heavy (non-hydrogen) atoms. The number of carbonyl (C=O) groups is 1. The number of piperidine rings is 2. The molecule has 2 aliphatic heterocycles. The van der Waals surface area contributed by atoms with Gasteiger partial charge in [-0.1, -0.05) is 17.7 Å². The Kier molecular flexibility index (Phi) is 7.89. The average molecular weight is 634 g/mol. The van der Waals surface area contributed by atoms with Crippen molar-refractivity contribution in [1.82, 2.24) is 4.98 Å². The van der Waals surface area contributed by atoms with Crippen LogP contribution in [-0.2, 0) is 10.0 Å². The van der Waals surface area contributed by atoms with E-state index in [0.29, 0.717) is 44.6 Å². The van der Waals surface area contributed by atoms with Crippen LogP contribution < -0.4 is 19.8 Å². The van der Waals surface area contributed by atoms with Gasteiger partial charge in [0.1, 0.15) is 0 Å². The average Bonchev–Trinajstić information content (AvgIpc) is 3.72. The van der Waals surface area contributed by atoms with Gasteiger partial charge >= 0.3 is 0 Å². The summed E-state index contributed by atoms with van der Waals surface area (Å²) in [6.45, 7) is 1.16. The van der Waals surface area contributed by atoms with Crippen molar-refractivity contribution in [3.8, 4) is 0 Å². The fourth-order valence-corrected chi connectivity index (χ4v) is 7.25. The van der Waals surface area contributed by atoms with Gasteiger partial charge in [0.05, 0.1) is 51.2 Å². The highest BCUT2D eigenvalue weighted by Gasteiger charge is 2.44. The summed E-state index contributed by atoms with van der Waals surface area (Å²) in [5, 5.41) is 13.0. The van der Waals surface area contributed by atoms with Crippen molar-refractivity contribution in [3.05, 3.63) is 53.2 Å². The van der Waals surface area contributed by atoms with Gasteiger partial charge in [-0.2, -0.15) is 0 Å². The van der Waals surface area contributed by atoms with Gasteiger partial charge in [0, 0.05) is 50.6 Å². The lowest BCUT2D eigenvalue weighted by molar-refractivity contribution is -0.0220. The number of pyridine rings is 1. The number of hydrogen-bond acceptors (Lipinski definition) is 7. The molecular weight excluding hydrogens is 600 g/mol. The smallest absolute Gasteiger partial charge is 0.257 e. The van der Waals surface area contributed by atoms with E-state index in [-0.39, 0.29) is 31.0 Å². The third-order valence-electron chi connectivity index (χ3n) is 8.86. The molecule has 13 heteroatoms. The number of nitrogens with one attached hydrogen (secondary N) is 2. The van der Waals surface area contributed by atoms with Gasteiger partial charge in [-0.15, -0.1) is 0 Å². The van der Waals surface area contributed by atoms with Crippen LogP contribution in [0.4, 0.5) is 31.5 Å². The standard InChI is InChI=1S/C30H34ClF2N5O4S/c31-25-23(18-20-2-1-11-34-26(20)27(25)38-14-9-30(32,33)10-15-38)35-28(40)22-4-3-21(36-43(41,42)17-16-39)19-24(22)37-12-7-29(5-6-29)8-13-37/h1-4,11,18-19,36,39H,5-10,12-17H2,(H,35,40). The number of rotatable bonds is 8. The van der Waals surface area contributed by atoms with Crippen LogP contribution in [0.15, 0.2) is 42.6 Å². The fraction of sp³-hybridized carbons (Fsp3) is 0.467. The zero-order valence-corrected chi connectivity index (χ0v) is 25.2. The first-order chi connectivity index (χ1) is 20.5. The Bertz CT molecular complexity index is 1650. The van der Waals surface area contributed by atoms with Crippen molar-refractivity contribution < 1.29 is 27.1 Å². The van der Waals surface area contributed by atoms with Gasteiger partial charge in [-0.25, -0.2) is 17.2 Å². The number of sulfonamides is 1. The Balaban J connectivity index is 1.33. The molecule has 3 aromatic rings. The molecule has 0 bridgehead atoms. The van der Waals surface area contributed by atoms with E-state index in [2.05, 4.69) is 19.9 Å². The van der Waals surface area contributed by atoms with Crippen LogP contribution in [-0.4, -0.2) is 68.9 Å². The lowest BCUT2D eigenvalue weighted by atomic mass is 9.93. The van der Waals surface area contributed by atoms with Crippen LogP contribution in [0.25, 0.3) is 10.9 Å². The van der Waals surface area contributed by atoms with Crippen molar-refractivity contribution in [2.45, 2.75) is 44.4 Å². The molecule has 3 N–H and O–H groups in total. The number of benzene rings is 2. The predicted molar refractivity (Wildman–Crippen MR) is 165 cm³/mol. The Hall–Kier alpha value is -3.22. The Morgan fingerprint density at radius 3 is 2.37 bits per heavy atom. The maximum atomic E-state index is 14.0. The molecule has 3 heterocycles. The van der Waals surface area contributed by atoms with Crippen LogP contribution >= 0.6 is 11.6 Å². The minimum atomic E-state index is -3.77. The molecular formula is C30H34ClF2N5O4S. The van der Waals surface area contributed by atoms with Crippen LogP contribution in [0, 0.1) is 5.41 Å². The minimum Gasteiger partial charge on any atom is -0.395 e. The Morgan fingerprint density at radius 1 is 1.00 bits per heavy atom. The number of alkyl halides is 2. The second-order valence-corrected chi connectivity index (χ2v) is 14.0. The minimum absolute atomic E-state index is 0.101. The first-order valence-electron chi connectivity index (χ1n) is 14.5. The van der Waals surface area contributed by atoms with Gasteiger partial charge in [-0.05, 0) is 61.4 Å². The third-order valence-corrected chi connectivity index (χ3v) is 10.5. The number of aromatic nitrogens is 1. The van der Waals surface area contributed by atoms with E-state index in [9.17, 15) is 22.0 Å². The van der Waals surface area contributed by atoms with E-state index in [0.717, 1.165) is 25.9 Å². The summed E-state index contributed by atoms with van der Waals surface area (Å²) in [4.78, 5) is 22.3. The van der Waals surface area contributed by atoms with E-state index in [1.165, 1.54) is 18.9 Å². The van der Waals surface area contributed by atoms with Gasteiger partial charge in [0.25, 0.3) is 11.8 Å². The number of carbonyl (C=O) groups excluding carboxylic acids is 1. The molecule has 0 radical (unpaired) electrons. The van der Waals surface area contributed by atoms with E-state index in [1.807, 2.05) is 6.07 Å². The number of amides is 1. The molecule has 1 aromatic heterocycles. The molecule has 3 aliphatic rings. The Labute approximate surface area is 254 Å². The summed E-state index contributed by atoms with van der Waals surface area (Å²) in [7, 11) is -3.77. The van der Waals surface area contributed by atoms with Crippen LogP contribution in [0.2, 0.25) is 5.02 Å². The quantitative estimate of drug-likeness (QED) is 0.301. The van der Waals surface area contributed by atoms with Crippen molar-refractivity contribution in [2.75, 3.05) is 58.4 Å². The van der Waals surface area contributed by atoms with Gasteiger partial charge < -0.3 is 20.2 Å². The lowest BCUT2D eigenvalue weighted by Crippen LogP contribution is -2.39. The maximum Gasteiger partial charge on any atom is 0.257 e. The molecule has 1 spiro atoms. The lowest BCUT2D eigenvalue weighted by Gasteiger charge is -2.35. The second kappa shape index (κ2) is 11.4. The summed E-state index contributed by atoms with van der Waals surface area (Å²) < 4.78 is 55.1.